The zero-order valence-electron chi connectivity index (χ0n) is 18.7. The topological polar surface area (TPSA) is 72.6 Å². The van der Waals surface area contributed by atoms with E-state index in [1.165, 1.54) is 23.0 Å². The van der Waals surface area contributed by atoms with E-state index in [2.05, 4.69) is 25.0 Å². The van der Waals surface area contributed by atoms with E-state index in [1.54, 1.807) is 38.1 Å². The summed E-state index contributed by atoms with van der Waals surface area (Å²) >= 11 is 5.94. The Hall–Kier alpha value is -3.27. The van der Waals surface area contributed by atoms with E-state index in [4.69, 9.17) is 11.6 Å². The number of aromatic nitrogens is 6. The van der Waals surface area contributed by atoms with Crippen LogP contribution in [-0.4, -0.2) is 48.7 Å². The number of nitrogens with zero attached hydrogens (tertiary/aromatic N) is 7. The van der Waals surface area contributed by atoms with Gasteiger partial charge < -0.3 is 4.90 Å². The lowest BCUT2D eigenvalue weighted by Crippen LogP contribution is -2.46. The Bertz CT molecular complexity index is 1410. The van der Waals surface area contributed by atoms with E-state index in [0.29, 0.717) is 22.5 Å². The normalized spacial score (nSPS) is 18.0. The molecule has 1 atom stereocenters. The molecular weight excluding hydrogens is 467 g/mol. The number of hydrogen-bond acceptors (Lipinski definition) is 6. The van der Waals surface area contributed by atoms with Crippen LogP contribution >= 0.6 is 11.6 Å². The van der Waals surface area contributed by atoms with Crippen molar-refractivity contribution in [2.75, 3.05) is 18.0 Å². The third kappa shape index (κ3) is 3.96. The molecule has 0 N–H and O–H groups in total. The summed E-state index contributed by atoms with van der Waals surface area (Å²) in [5, 5.41) is 4.29. The fourth-order valence-electron chi connectivity index (χ4n) is 4.17. The van der Waals surface area contributed by atoms with Gasteiger partial charge in [0, 0.05) is 48.9 Å². The Balaban J connectivity index is 1.64. The van der Waals surface area contributed by atoms with Gasteiger partial charge in [-0.2, -0.15) is 10.1 Å². The van der Waals surface area contributed by atoms with E-state index in [0.717, 1.165) is 0 Å². The molecule has 1 aromatic carbocycles. The van der Waals surface area contributed by atoms with Crippen molar-refractivity contribution in [3.63, 3.8) is 0 Å². The number of rotatable bonds is 3. The molecule has 11 heteroatoms. The highest BCUT2D eigenvalue weighted by atomic mass is 35.5. The van der Waals surface area contributed by atoms with Crippen LogP contribution in [0.5, 0.6) is 0 Å². The standard InChI is InChI=1S/C23H21ClF3N7/c1-12-13(2)30-21-20(29-12)19(16-5-4-15(24)8-18(16)25)31-22(32-21)34-7-6-23(26,27)17(11-34)14-9-28-33(3)10-14/h4-5,8-10,17H,6-7,11H2,1-3H3. The smallest absolute Gasteiger partial charge is 0.258 e. The Morgan fingerprint density at radius 3 is 2.56 bits per heavy atom. The fourth-order valence-corrected chi connectivity index (χ4v) is 4.32. The van der Waals surface area contributed by atoms with E-state index < -0.39 is 17.7 Å². The van der Waals surface area contributed by atoms with Gasteiger partial charge in [-0.25, -0.2) is 28.1 Å². The first-order valence-electron chi connectivity index (χ1n) is 10.7. The van der Waals surface area contributed by atoms with Crippen LogP contribution in [0.1, 0.15) is 29.3 Å². The average molecular weight is 488 g/mol. The minimum Gasteiger partial charge on any atom is -0.340 e. The zero-order chi connectivity index (χ0) is 24.2. The van der Waals surface area contributed by atoms with Crippen LogP contribution in [0.4, 0.5) is 19.1 Å². The van der Waals surface area contributed by atoms with E-state index in [-0.39, 0.29) is 47.4 Å². The predicted molar refractivity (Wildman–Crippen MR) is 123 cm³/mol. The number of hydrogen-bond donors (Lipinski definition) is 0. The molecule has 4 heterocycles. The molecule has 0 aliphatic carbocycles. The van der Waals surface area contributed by atoms with E-state index >= 15 is 0 Å². The third-order valence-electron chi connectivity index (χ3n) is 6.15. The molecule has 34 heavy (non-hydrogen) atoms. The van der Waals surface area contributed by atoms with Crippen molar-refractivity contribution in [1.82, 2.24) is 29.7 Å². The lowest BCUT2D eigenvalue weighted by molar-refractivity contribution is -0.0425. The molecule has 0 spiro atoms. The molecule has 0 saturated carbocycles. The van der Waals surface area contributed by atoms with Crippen LogP contribution in [-0.2, 0) is 7.05 Å². The van der Waals surface area contributed by atoms with E-state index in [1.807, 2.05) is 0 Å². The van der Waals surface area contributed by atoms with Crippen molar-refractivity contribution < 1.29 is 13.2 Å². The quantitative estimate of drug-likeness (QED) is 0.411. The van der Waals surface area contributed by atoms with Gasteiger partial charge in [0.1, 0.15) is 17.0 Å². The second-order valence-electron chi connectivity index (χ2n) is 8.52. The first-order chi connectivity index (χ1) is 16.1. The van der Waals surface area contributed by atoms with Gasteiger partial charge in [0.05, 0.1) is 23.5 Å². The van der Waals surface area contributed by atoms with Crippen LogP contribution in [0.25, 0.3) is 22.4 Å². The summed E-state index contributed by atoms with van der Waals surface area (Å²) in [5.41, 5.74) is 2.79. The third-order valence-corrected chi connectivity index (χ3v) is 6.39. The van der Waals surface area contributed by atoms with Crippen molar-refractivity contribution in [2.45, 2.75) is 32.1 Å². The summed E-state index contributed by atoms with van der Waals surface area (Å²) < 4.78 is 46.1. The number of benzene rings is 1. The van der Waals surface area contributed by atoms with Gasteiger partial charge in [0.15, 0.2) is 5.65 Å². The van der Waals surface area contributed by atoms with Crippen LogP contribution in [0.2, 0.25) is 5.02 Å². The van der Waals surface area contributed by atoms with Crippen molar-refractivity contribution >= 4 is 28.7 Å². The lowest BCUT2D eigenvalue weighted by atomic mass is 9.89. The molecule has 1 fully saturated rings. The summed E-state index contributed by atoms with van der Waals surface area (Å²) in [6, 6.07) is 4.27. The maximum atomic E-state index is 14.9. The number of halogens is 4. The second-order valence-corrected chi connectivity index (χ2v) is 8.96. The molecule has 0 amide bonds. The maximum absolute atomic E-state index is 14.9. The molecule has 176 valence electrons. The highest BCUT2D eigenvalue weighted by Crippen LogP contribution is 2.41. The van der Waals surface area contributed by atoms with Crippen molar-refractivity contribution in [3.8, 4) is 11.3 Å². The highest BCUT2D eigenvalue weighted by molar-refractivity contribution is 6.30. The van der Waals surface area contributed by atoms with E-state index in [9.17, 15) is 13.2 Å². The SMILES string of the molecule is Cc1nc2nc(N3CCC(F)(F)C(c4cnn(C)c4)C3)nc(-c3ccc(Cl)cc3F)c2nc1C. The first kappa shape index (κ1) is 22.5. The molecular formula is C23H21ClF3N7. The van der Waals surface area contributed by atoms with Gasteiger partial charge in [-0.15, -0.1) is 0 Å². The summed E-state index contributed by atoms with van der Waals surface area (Å²) in [6.45, 7) is 3.61. The Labute approximate surface area is 198 Å². The molecule has 0 bridgehead atoms. The molecule has 1 aliphatic heterocycles. The lowest BCUT2D eigenvalue weighted by Gasteiger charge is -2.38. The van der Waals surface area contributed by atoms with Gasteiger partial charge in [-0.3, -0.25) is 4.68 Å². The number of piperidine rings is 1. The van der Waals surface area contributed by atoms with Gasteiger partial charge in [-0.1, -0.05) is 11.6 Å². The molecule has 1 saturated heterocycles. The highest BCUT2D eigenvalue weighted by Gasteiger charge is 2.46. The molecule has 0 radical (unpaired) electrons. The minimum absolute atomic E-state index is 0.0228. The molecule has 1 aliphatic rings. The first-order valence-corrected chi connectivity index (χ1v) is 11.1. The molecule has 7 nitrogen and oxygen atoms in total. The van der Waals surface area contributed by atoms with Gasteiger partial charge >= 0.3 is 0 Å². The van der Waals surface area contributed by atoms with Crippen LogP contribution in [0, 0.1) is 19.7 Å². The van der Waals surface area contributed by atoms with Crippen molar-refractivity contribution in [2.24, 2.45) is 7.05 Å². The zero-order valence-corrected chi connectivity index (χ0v) is 19.5. The van der Waals surface area contributed by atoms with Gasteiger partial charge in [0.25, 0.3) is 5.92 Å². The van der Waals surface area contributed by atoms with Gasteiger partial charge in [-0.05, 0) is 32.0 Å². The summed E-state index contributed by atoms with van der Waals surface area (Å²) in [4.78, 5) is 19.9. The molecule has 3 aromatic heterocycles. The molecule has 1 unspecified atom stereocenters. The van der Waals surface area contributed by atoms with Crippen LogP contribution < -0.4 is 4.90 Å². The molecule has 5 rings (SSSR count). The summed E-state index contributed by atoms with van der Waals surface area (Å²) in [5.74, 6) is -4.37. The second kappa shape index (κ2) is 8.19. The van der Waals surface area contributed by atoms with Gasteiger partial charge in [0.2, 0.25) is 5.95 Å². The number of fused-ring (bicyclic) bond motifs is 1. The summed E-state index contributed by atoms with van der Waals surface area (Å²) in [6.07, 6.45) is 2.67. The fraction of sp³-hybridized carbons (Fsp3) is 0.348. The maximum Gasteiger partial charge on any atom is 0.258 e. The Morgan fingerprint density at radius 2 is 1.85 bits per heavy atom. The largest absolute Gasteiger partial charge is 0.340 e. The Morgan fingerprint density at radius 1 is 1.09 bits per heavy atom. The molecule has 4 aromatic rings. The number of alkyl halides is 2. The number of aryl methyl sites for hydroxylation is 3. The van der Waals surface area contributed by atoms with Crippen LogP contribution in [0.15, 0.2) is 30.6 Å². The Kier molecular flexibility index (Phi) is 5.43. The average Bonchev–Trinajstić information content (AvgIpc) is 3.20. The monoisotopic (exact) mass is 487 g/mol. The minimum atomic E-state index is -2.91. The van der Waals surface area contributed by atoms with Crippen LogP contribution in [0.3, 0.4) is 0 Å². The van der Waals surface area contributed by atoms with Crippen molar-refractivity contribution in [3.05, 3.63) is 58.4 Å². The number of anilines is 1. The van der Waals surface area contributed by atoms with Crippen molar-refractivity contribution in [1.29, 1.82) is 0 Å². The summed E-state index contributed by atoms with van der Waals surface area (Å²) in [7, 11) is 1.69. The predicted octanol–water partition coefficient (Wildman–Crippen LogP) is 4.86.